The second kappa shape index (κ2) is 7.66. The highest BCUT2D eigenvalue weighted by Crippen LogP contribution is 2.44. The van der Waals surface area contributed by atoms with Crippen molar-refractivity contribution in [3.8, 4) is 0 Å². The van der Waals surface area contributed by atoms with Gasteiger partial charge in [-0.15, -0.1) is 11.3 Å². The minimum atomic E-state index is 0.238. The van der Waals surface area contributed by atoms with Crippen molar-refractivity contribution in [2.75, 3.05) is 49.7 Å². The van der Waals surface area contributed by atoms with Gasteiger partial charge in [-0.25, -0.2) is 9.97 Å². The van der Waals surface area contributed by atoms with E-state index in [0.717, 1.165) is 44.5 Å². The summed E-state index contributed by atoms with van der Waals surface area (Å²) in [5.74, 6) is 5.28. The molecule has 0 bridgehead atoms. The van der Waals surface area contributed by atoms with Crippen molar-refractivity contribution in [2.24, 2.45) is 0 Å². The van der Waals surface area contributed by atoms with E-state index in [1.807, 2.05) is 11.3 Å². The molecule has 2 aliphatic carbocycles. The van der Waals surface area contributed by atoms with Crippen LogP contribution in [0.2, 0.25) is 0 Å². The quantitative estimate of drug-likeness (QED) is 0.772. The third-order valence-electron chi connectivity index (χ3n) is 7.12. The smallest absolute Gasteiger partial charge is 0.138 e. The standard InChI is InChI=1S/C22H30N4OS2/c1-2-4-17-16(3-1)18-20(24-19(15-5-6-15)25-21(18)29-17)23-13-22(7-12-28-14-22)26-8-10-27-11-9-26/h15H,1-14H2,(H,23,24,25). The van der Waals surface area contributed by atoms with Crippen LogP contribution >= 0.6 is 23.1 Å². The van der Waals surface area contributed by atoms with Crippen LogP contribution in [0.4, 0.5) is 5.82 Å². The first kappa shape index (κ1) is 18.8. The van der Waals surface area contributed by atoms with Gasteiger partial charge < -0.3 is 10.1 Å². The molecule has 1 unspecified atom stereocenters. The average Bonchev–Trinajstić information content (AvgIpc) is 3.39. The molecule has 1 N–H and O–H groups in total. The van der Waals surface area contributed by atoms with E-state index in [-0.39, 0.29) is 5.54 Å². The number of morpholine rings is 1. The first-order chi connectivity index (χ1) is 14.3. The molecule has 2 aromatic rings. The Balaban J connectivity index is 1.35. The molecule has 3 fully saturated rings. The lowest BCUT2D eigenvalue weighted by Crippen LogP contribution is -2.57. The number of aromatic nitrogens is 2. The van der Waals surface area contributed by atoms with Crippen molar-refractivity contribution in [1.82, 2.24) is 14.9 Å². The summed E-state index contributed by atoms with van der Waals surface area (Å²) in [6.07, 6.45) is 8.81. The van der Waals surface area contributed by atoms with Gasteiger partial charge in [0.05, 0.1) is 18.6 Å². The van der Waals surface area contributed by atoms with E-state index in [1.165, 1.54) is 66.7 Å². The fraction of sp³-hybridized carbons (Fsp3) is 0.727. The zero-order chi connectivity index (χ0) is 19.3. The number of nitrogens with one attached hydrogen (secondary N) is 1. The molecule has 2 aromatic heterocycles. The van der Waals surface area contributed by atoms with Gasteiger partial charge in [0.2, 0.25) is 0 Å². The first-order valence-corrected chi connectivity index (χ1v) is 13.3. The molecule has 2 saturated heterocycles. The summed E-state index contributed by atoms with van der Waals surface area (Å²) >= 11 is 4.04. The minimum Gasteiger partial charge on any atom is -0.379 e. The number of ether oxygens (including phenoxy) is 1. The van der Waals surface area contributed by atoms with Crippen LogP contribution in [0.1, 0.15) is 54.3 Å². The lowest BCUT2D eigenvalue weighted by molar-refractivity contribution is -0.00922. The van der Waals surface area contributed by atoms with Crippen molar-refractivity contribution >= 4 is 39.1 Å². The molecule has 2 aliphatic heterocycles. The number of fused-ring (bicyclic) bond motifs is 3. The Hall–Kier alpha value is -0.890. The monoisotopic (exact) mass is 430 g/mol. The van der Waals surface area contributed by atoms with Crippen LogP contribution in [0.25, 0.3) is 10.2 Å². The van der Waals surface area contributed by atoms with Crippen LogP contribution in [-0.2, 0) is 17.6 Å². The van der Waals surface area contributed by atoms with E-state index in [2.05, 4.69) is 22.0 Å². The normalized spacial score (nSPS) is 28.0. The third kappa shape index (κ3) is 3.48. The fourth-order valence-electron chi connectivity index (χ4n) is 5.21. The number of rotatable bonds is 5. The summed E-state index contributed by atoms with van der Waals surface area (Å²) in [7, 11) is 0. The Morgan fingerprint density at radius 1 is 1.14 bits per heavy atom. The maximum atomic E-state index is 5.64. The van der Waals surface area contributed by atoms with Gasteiger partial charge in [0.1, 0.15) is 16.5 Å². The van der Waals surface area contributed by atoms with Gasteiger partial charge in [-0.05, 0) is 56.3 Å². The predicted molar refractivity (Wildman–Crippen MR) is 122 cm³/mol. The van der Waals surface area contributed by atoms with Crippen LogP contribution in [0, 0.1) is 0 Å². The number of nitrogens with zero attached hydrogens (tertiary/aromatic N) is 3. The number of hydrogen-bond donors (Lipinski definition) is 1. The van der Waals surface area contributed by atoms with Gasteiger partial charge in [0.25, 0.3) is 0 Å². The van der Waals surface area contributed by atoms with Gasteiger partial charge in [-0.2, -0.15) is 11.8 Å². The number of thioether (sulfide) groups is 1. The number of hydrogen-bond acceptors (Lipinski definition) is 7. The van der Waals surface area contributed by atoms with Gasteiger partial charge in [-0.3, -0.25) is 4.90 Å². The Bertz CT molecular complexity index is 898. The van der Waals surface area contributed by atoms with Crippen molar-refractivity contribution in [2.45, 2.75) is 56.4 Å². The van der Waals surface area contributed by atoms with Crippen LogP contribution in [0.15, 0.2) is 0 Å². The summed E-state index contributed by atoms with van der Waals surface area (Å²) < 4.78 is 5.64. The van der Waals surface area contributed by atoms with E-state index in [0.29, 0.717) is 5.92 Å². The molecule has 1 atom stereocenters. The van der Waals surface area contributed by atoms with Crippen molar-refractivity contribution in [3.05, 3.63) is 16.3 Å². The molecule has 0 spiro atoms. The van der Waals surface area contributed by atoms with Gasteiger partial charge in [0.15, 0.2) is 0 Å². The second-order valence-electron chi connectivity index (χ2n) is 9.08. The molecule has 0 radical (unpaired) electrons. The second-order valence-corrected chi connectivity index (χ2v) is 11.3. The molecule has 0 aromatic carbocycles. The molecule has 5 nitrogen and oxygen atoms in total. The van der Waals surface area contributed by atoms with E-state index < -0.39 is 0 Å². The summed E-state index contributed by atoms with van der Waals surface area (Å²) in [6.45, 7) is 4.84. The van der Waals surface area contributed by atoms with E-state index in [9.17, 15) is 0 Å². The molecule has 0 amide bonds. The molecular weight excluding hydrogens is 400 g/mol. The Morgan fingerprint density at radius 3 is 2.79 bits per heavy atom. The summed E-state index contributed by atoms with van der Waals surface area (Å²) in [5, 5.41) is 5.23. The molecule has 156 valence electrons. The molecule has 4 heterocycles. The topological polar surface area (TPSA) is 50.3 Å². The van der Waals surface area contributed by atoms with Crippen LogP contribution in [0.3, 0.4) is 0 Å². The largest absolute Gasteiger partial charge is 0.379 e. The summed E-state index contributed by atoms with van der Waals surface area (Å²) in [5.41, 5.74) is 1.78. The molecule has 1 saturated carbocycles. The van der Waals surface area contributed by atoms with Gasteiger partial charge >= 0.3 is 0 Å². The maximum Gasteiger partial charge on any atom is 0.138 e. The first-order valence-electron chi connectivity index (χ1n) is 11.3. The lowest BCUT2D eigenvalue weighted by atomic mass is 9.95. The van der Waals surface area contributed by atoms with E-state index in [4.69, 9.17) is 14.7 Å². The van der Waals surface area contributed by atoms with Gasteiger partial charge in [0, 0.05) is 41.7 Å². The average molecular weight is 431 g/mol. The van der Waals surface area contributed by atoms with E-state index in [1.54, 1.807) is 10.4 Å². The van der Waals surface area contributed by atoms with Crippen LogP contribution in [0.5, 0.6) is 0 Å². The molecular formula is C22H30N4OS2. The highest BCUT2D eigenvalue weighted by atomic mass is 32.2. The maximum absolute atomic E-state index is 5.64. The SMILES string of the molecule is C1CCc2c(sc3nc(C4CC4)nc(NCC4(N5CCOCC5)CCSC4)c23)C1. The Labute approximate surface area is 181 Å². The zero-order valence-electron chi connectivity index (χ0n) is 17.0. The van der Waals surface area contributed by atoms with E-state index >= 15 is 0 Å². The highest BCUT2D eigenvalue weighted by Gasteiger charge is 2.41. The molecule has 6 rings (SSSR count). The van der Waals surface area contributed by atoms with Crippen molar-refractivity contribution in [3.63, 3.8) is 0 Å². The van der Waals surface area contributed by atoms with Crippen LogP contribution < -0.4 is 5.32 Å². The molecule has 4 aliphatic rings. The third-order valence-corrected chi connectivity index (χ3v) is 9.54. The lowest BCUT2D eigenvalue weighted by Gasteiger charge is -2.43. The van der Waals surface area contributed by atoms with Gasteiger partial charge in [-0.1, -0.05) is 0 Å². The Kier molecular flexibility index (Phi) is 4.98. The fourth-order valence-corrected chi connectivity index (χ4v) is 7.95. The zero-order valence-corrected chi connectivity index (χ0v) is 18.7. The predicted octanol–water partition coefficient (Wildman–Crippen LogP) is 4.07. The van der Waals surface area contributed by atoms with Crippen molar-refractivity contribution < 1.29 is 4.74 Å². The number of aryl methyl sites for hydroxylation is 2. The Morgan fingerprint density at radius 2 is 2.00 bits per heavy atom. The molecule has 7 heteroatoms. The van der Waals surface area contributed by atoms with Crippen molar-refractivity contribution in [1.29, 1.82) is 0 Å². The minimum absolute atomic E-state index is 0.238. The summed E-state index contributed by atoms with van der Waals surface area (Å²) in [6, 6.07) is 0. The number of thiophene rings is 1. The highest BCUT2D eigenvalue weighted by molar-refractivity contribution is 7.99. The van der Waals surface area contributed by atoms with Crippen LogP contribution in [-0.4, -0.2) is 64.8 Å². The number of anilines is 1. The molecule has 29 heavy (non-hydrogen) atoms. The summed E-state index contributed by atoms with van der Waals surface area (Å²) in [4.78, 5) is 15.6.